The summed E-state index contributed by atoms with van der Waals surface area (Å²) in [6, 6.07) is 0. The van der Waals surface area contributed by atoms with Gasteiger partial charge in [-0.15, -0.1) is 0 Å². The Morgan fingerprint density at radius 3 is 0.603 bits per heavy atom. The number of carbonyl (C=O) groups is 2. The number of ether oxygens (including phenoxy) is 2. The summed E-state index contributed by atoms with van der Waals surface area (Å²) < 4.78 is 10.8. The van der Waals surface area contributed by atoms with Crippen molar-refractivity contribution < 1.29 is 24.2 Å². The summed E-state index contributed by atoms with van der Waals surface area (Å²) in [5.41, 5.74) is 0. The summed E-state index contributed by atoms with van der Waals surface area (Å²) in [5, 5.41) is 9.69. The van der Waals surface area contributed by atoms with E-state index in [1.165, 1.54) is 347 Å². The fourth-order valence-electron chi connectivity index (χ4n) is 11.0. The van der Waals surface area contributed by atoms with Gasteiger partial charge in [-0.2, -0.15) is 0 Å². The highest BCUT2D eigenvalue weighted by Gasteiger charge is 2.16. The first-order valence-corrected chi connectivity index (χ1v) is 34.1. The monoisotopic (exact) mass is 1030 g/mol. The molecule has 0 aliphatic carbocycles. The maximum Gasteiger partial charge on any atom is 0.306 e. The van der Waals surface area contributed by atoms with Crippen molar-refractivity contribution in [3.05, 3.63) is 0 Å². The fraction of sp³-hybridized carbons (Fsp3) is 0.971. The zero-order valence-corrected chi connectivity index (χ0v) is 50.2. The lowest BCUT2D eigenvalue weighted by Gasteiger charge is -2.15. The van der Waals surface area contributed by atoms with Gasteiger partial charge in [0.1, 0.15) is 6.61 Å². The third-order valence-electron chi connectivity index (χ3n) is 16.2. The van der Waals surface area contributed by atoms with E-state index < -0.39 is 6.10 Å². The van der Waals surface area contributed by atoms with Gasteiger partial charge in [0, 0.05) is 12.8 Å². The van der Waals surface area contributed by atoms with Crippen molar-refractivity contribution in [1.82, 2.24) is 0 Å². The largest absolute Gasteiger partial charge is 0.462 e. The maximum atomic E-state index is 12.4. The molecule has 0 aromatic heterocycles. The van der Waals surface area contributed by atoms with Gasteiger partial charge in [-0.3, -0.25) is 9.59 Å². The molecule has 0 heterocycles. The van der Waals surface area contributed by atoms with Crippen LogP contribution in [0, 0.1) is 0 Å². The van der Waals surface area contributed by atoms with Crippen molar-refractivity contribution in [2.75, 3.05) is 13.2 Å². The molecule has 0 bridgehead atoms. The van der Waals surface area contributed by atoms with E-state index in [4.69, 9.17) is 9.47 Å². The Morgan fingerprint density at radius 2 is 0.425 bits per heavy atom. The molecule has 0 amide bonds. The molecule has 1 unspecified atom stereocenters. The van der Waals surface area contributed by atoms with Gasteiger partial charge in [0.15, 0.2) is 6.10 Å². The lowest BCUT2D eigenvalue weighted by atomic mass is 10.0. The van der Waals surface area contributed by atoms with Crippen molar-refractivity contribution in [1.29, 1.82) is 0 Å². The second kappa shape index (κ2) is 65.2. The van der Waals surface area contributed by atoms with E-state index in [1.807, 2.05) is 0 Å². The first-order chi connectivity index (χ1) is 36.1. The lowest BCUT2D eigenvalue weighted by molar-refractivity contribution is -0.161. The van der Waals surface area contributed by atoms with Crippen LogP contribution in [-0.4, -0.2) is 36.4 Å². The minimum atomic E-state index is -0.765. The number of esters is 2. The van der Waals surface area contributed by atoms with Crippen LogP contribution in [0.5, 0.6) is 0 Å². The highest BCUT2D eigenvalue weighted by atomic mass is 16.6. The molecule has 0 fully saturated rings. The molecule has 73 heavy (non-hydrogen) atoms. The zero-order valence-electron chi connectivity index (χ0n) is 50.2. The second-order valence-corrected chi connectivity index (χ2v) is 23.6. The van der Waals surface area contributed by atoms with E-state index in [0.29, 0.717) is 12.8 Å². The van der Waals surface area contributed by atoms with Gasteiger partial charge >= 0.3 is 11.9 Å². The number of rotatable bonds is 65. The minimum absolute atomic E-state index is 0.0554. The smallest absolute Gasteiger partial charge is 0.306 e. The van der Waals surface area contributed by atoms with Gasteiger partial charge in [0.2, 0.25) is 0 Å². The van der Waals surface area contributed by atoms with Crippen molar-refractivity contribution >= 4 is 11.9 Å². The van der Waals surface area contributed by atoms with E-state index in [9.17, 15) is 14.7 Å². The predicted molar refractivity (Wildman–Crippen MR) is 321 cm³/mol. The topological polar surface area (TPSA) is 72.8 Å². The number of hydrogen-bond acceptors (Lipinski definition) is 5. The molecule has 0 aliphatic heterocycles. The molecule has 5 nitrogen and oxygen atoms in total. The maximum absolute atomic E-state index is 12.4. The SMILES string of the molecule is CCCCCCCCCCCCCCCCCCCCCCCCCCCCCCCCCCCCCC(=O)OC(CO)COC(=O)CCCCCCCCCCCCCCCCCCCCCCCCCC. The number of unbranched alkanes of at least 4 members (excludes halogenated alkanes) is 57. The van der Waals surface area contributed by atoms with Crippen molar-refractivity contribution in [2.45, 2.75) is 412 Å². The van der Waals surface area contributed by atoms with Crippen molar-refractivity contribution in [3.8, 4) is 0 Å². The summed E-state index contributed by atoms with van der Waals surface area (Å²) in [6.07, 6.45) is 81.4. The van der Waals surface area contributed by atoms with E-state index in [2.05, 4.69) is 13.8 Å². The van der Waals surface area contributed by atoms with Crippen molar-refractivity contribution in [3.63, 3.8) is 0 Å². The summed E-state index contributed by atoms with van der Waals surface area (Å²) in [5.74, 6) is -0.559. The molecule has 0 aliphatic rings. The first kappa shape index (κ1) is 71.9. The normalized spacial score (nSPS) is 12.0. The van der Waals surface area contributed by atoms with Gasteiger partial charge in [-0.25, -0.2) is 0 Å². The zero-order chi connectivity index (χ0) is 52.7. The highest BCUT2D eigenvalue weighted by molar-refractivity contribution is 5.70. The summed E-state index contributed by atoms with van der Waals surface area (Å²) in [6.45, 7) is 4.22. The fourth-order valence-corrected chi connectivity index (χ4v) is 11.0. The Morgan fingerprint density at radius 1 is 0.260 bits per heavy atom. The Kier molecular flexibility index (Phi) is 64.2. The van der Waals surface area contributed by atoms with E-state index in [1.54, 1.807) is 0 Å². The van der Waals surface area contributed by atoms with Crippen LogP contribution in [0.25, 0.3) is 0 Å². The minimum Gasteiger partial charge on any atom is -0.462 e. The molecule has 0 rings (SSSR count). The van der Waals surface area contributed by atoms with Crippen LogP contribution in [0.2, 0.25) is 0 Å². The van der Waals surface area contributed by atoms with Crippen LogP contribution in [0.4, 0.5) is 0 Å². The first-order valence-electron chi connectivity index (χ1n) is 34.1. The van der Waals surface area contributed by atoms with E-state index >= 15 is 0 Å². The molecule has 0 spiro atoms. The Bertz CT molecular complexity index is 1030. The number of carbonyl (C=O) groups excluding carboxylic acids is 2. The number of aliphatic hydroxyl groups excluding tert-OH is 1. The van der Waals surface area contributed by atoms with Crippen LogP contribution in [0.3, 0.4) is 0 Å². The lowest BCUT2D eigenvalue weighted by Crippen LogP contribution is -2.28. The molecule has 1 atom stereocenters. The van der Waals surface area contributed by atoms with Crippen LogP contribution < -0.4 is 0 Å². The van der Waals surface area contributed by atoms with Gasteiger partial charge in [-0.05, 0) is 12.8 Å². The molecule has 0 saturated carbocycles. The van der Waals surface area contributed by atoms with Crippen LogP contribution in [-0.2, 0) is 19.1 Å². The molecular weight excluding hydrogens is 897 g/mol. The molecule has 1 N–H and O–H groups in total. The highest BCUT2D eigenvalue weighted by Crippen LogP contribution is 2.20. The summed E-state index contributed by atoms with van der Waals surface area (Å²) in [7, 11) is 0. The number of hydrogen-bond donors (Lipinski definition) is 1. The molecule has 0 radical (unpaired) electrons. The van der Waals surface area contributed by atoms with Gasteiger partial charge in [0.05, 0.1) is 6.61 Å². The van der Waals surface area contributed by atoms with Crippen LogP contribution in [0.15, 0.2) is 0 Å². The summed E-state index contributed by atoms with van der Waals surface area (Å²) in [4.78, 5) is 24.6. The average Bonchev–Trinajstić information content (AvgIpc) is 3.39. The van der Waals surface area contributed by atoms with Gasteiger partial charge < -0.3 is 14.6 Å². The predicted octanol–water partition coefficient (Wildman–Crippen LogP) is 23.3. The average molecular weight is 1030 g/mol. The van der Waals surface area contributed by atoms with E-state index in [-0.39, 0.29) is 25.2 Å². The third kappa shape index (κ3) is 63.3. The van der Waals surface area contributed by atoms with Gasteiger partial charge in [-0.1, -0.05) is 380 Å². The Hall–Kier alpha value is -1.10. The molecule has 0 saturated heterocycles. The third-order valence-corrected chi connectivity index (χ3v) is 16.2. The summed E-state index contributed by atoms with van der Waals surface area (Å²) >= 11 is 0. The van der Waals surface area contributed by atoms with Crippen LogP contribution >= 0.6 is 0 Å². The molecule has 436 valence electrons. The second-order valence-electron chi connectivity index (χ2n) is 23.6. The molecule has 0 aromatic rings. The molecular formula is C68H134O5. The Labute approximate surface area is 459 Å². The van der Waals surface area contributed by atoms with Gasteiger partial charge in [0.25, 0.3) is 0 Å². The quantitative estimate of drug-likeness (QED) is 0.0485. The van der Waals surface area contributed by atoms with Crippen molar-refractivity contribution in [2.24, 2.45) is 0 Å². The standard InChI is InChI=1S/C68H134O5/c1-3-5-7-9-11-13-15-17-19-21-23-25-27-29-30-31-32-33-34-35-36-37-38-39-41-43-45-47-49-51-53-55-57-59-61-63-68(71)73-66(64-69)65-72-67(70)62-60-58-56-54-52-50-48-46-44-42-40-28-26-24-22-20-18-16-14-12-10-8-6-4-2/h66,69H,3-65H2,1-2H3. The van der Waals surface area contributed by atoms with E-state index in [0.717, 1.165) is 32.1 Å². The van der Waals surface area contributed by atoms with Crippen LogP contribution in [0.1, 0.15) is 406 Å². The number of aliphatic hydroxyl groups is 1. The molecule has 0 aromatic carbocycles. The molecule has 5 heteroatoms. The Balaban J connectivity index is 3.35.